The van der Waals surface area contributed by atoms with Crippen LogP contribution in [0.4, 0.5) is 0 Å². The molecule has 0 N–H and O–H groups in total. The van der Waals surface area contributed by atoms with E-state index in [4.69, 9.17) is 0 Å². The summed E-state index contributed by atoms with van der Waals surface area (Å²) in [4.78, 5) is 0. The minimum absolute atomic E-state index is 0. The van der Waals surface area contributed by atoms with Crippen LogP contribution in [-0.4, -0.2) is 5.49 Å². The van der Waals surface area contributed by atoms with Gasteiger partial charge in [-0.2, -0.15) is 0 Å². The quantitative estimate of drug-likeness (QED) is 0.294. The maximum atomic E-state index is 2.59. The predicted molar refractivity (Wildman–Crippen MR) is 129 cm³/mol. The Bertz CT molecular complexity index is 1330. The second kappa shape index (κ2) is 9.42. The minimum Gasteiger partial charge on any atom is -1.00 e. The molecule has 0 saturated carbocycles. The Morgan fingerprint density at radius 2 is 1.03 bits per heavy atom. The normalized spacial score (nSPS) is 17.3. The van der Waals surface area contributed by atoms with Gasteiger partial charge in [0.25, 0.3) is 0 Å². The SMILES string of the molecule is C[Si](C)=[Hf+2]([C@@H]1C=Cc2c1ccc1ccccc21)[C@H]1C=Cc2c1ccc1ccccc21.[Cl-].[Cl-]. The molecule has 4 aromatic carbocycles. The van der Waals surface area contributed by atoms with Crippen LogP contribution in [0.15, 0.2) is 84.9 Å². The third-order valence-corrected chi connectivity index (χ3v) is 34.0. The Kier molecular flexibility index (Phi) is 6.98. The van der Waals surface area contributed by atoms with E-state index in [1.807, 2.05) is 0 Å². The van der Waals surface area contributed by atoms with Crippen molar-refractivity contribution in [1.29, 1.82) is 0 Å². The maximum absolute atomic E-state index is 2.59. The summed E-state index contributed by atoms with van der Waals surface area (Å²) in [7, 11) is 0. The molecule has 4 aromatic rings. The smallest absolute Gasteiger partial charge is 1.00 e. The average molecular weight is 638 g/mol. The van der Waals surface area contributed by atoms with Gasteiger partial charge < -0.3 is 24.8 Å². The van der Waals surface area contributed by atoms with Gasteiger partial charge in [-0.1, -0.05) is 0 Å². The molecule has 0 heterocycles. The van der Waals surface area contributed by atoms with Gasteiger partial charge in [0.2, 0.25) is 0 Å². The number of hydrogen-bond acceptors (Lipinski definition) is 0. The van der Waals surface area contributed by atoms with E-state index >= 15 is 0 Å². The maximum Gasteiger partial charge on any atom is -1.00 e. The number of hydrogen-bond donors (Lipinski definition) is 0. The van der Waals surface area contributed by atoms with Gasteiger partial charge >= 0.3 is 187 Å². The van der Waals surface area contributed by atoms with Gasteiger partial charge in [-0.3, -0.25) is 0 Å². The fourth-order valence-corrected chi connectivity index (χ4v) is 32.0. The molecule has 2 aliphatic rings. The van der Waals surface area contributed by atoms with E-state index in [2.05, 4.69) is 110 Å². The van der Waals surface area contributed by atoms with Crippen LogP contribution in [0.25, 0.3) is 33.7 Å². The molecule has 0 bridgehead atoms. The summed E-state index contributed by atoms with van der Waals surface area (Å²) in [6.45, 7) is 5.18. The van der Waals surface area contributed by atoms with Gasteiger partial charge in [-0.15, -0.1) is 0 Å². The van der Waals surface area contributed by atoms with Crippen LogP contribution in [0.1, 0.15) is 29.6 Å². The van der Waals surface area contributed by atoms with Crippen LogP contribution in [0.2, 0.25) is 13.1 Å². The molecule has 0 saturated heterocycles. The Morgan fingerprint density at radius 3 is 1.47 bits per heavy atom. The average Bonchev–Trinajstić information content (AvgIpc) is 3.39. The van der Waals surface area contributed by atoms with Gasteiger partial charge in [-0.25, -0.2) is 0 Å². The first-order valence-corrected chi connectivity index (χ1v) is 22.8. The van der Waals surface area contributed by atoms with Crippen LogP contribution in [0.3, 0.4) is 0 Å². The summed E-state index contributed by atoms with van der Waals surface area (Å²) in [6.07, 6.45) is 10.1. The Hall–Kier alpha value is -1.45. The molecule has 0 nitrogen and oxygen atoms in total. The van der Waals surface area contributed by atoms with Crippen LogP contribution in [-0.2, 0) is 20.1 Å². The van der Waals surface area contributed by atoms with E-state index in [9.17, 15) is 0 Å². The van der Waals surface area contributed by atoms with E-state index in [1.54, 1.807) is 11.1 Å². The van der Waals surface area contributed by atoms with Crippen molar-refractivity contribution in [3.63, 3.8) is 0 Å². The molecular weight excluding hydrogens is 614 g/mol. The van der Waals surface area contributed by atoms with E-state index in [0.717, 1.165) is 0 Å². The van der Waals surface area contributed by atoms with Crippen LogP contribution >= 0.6 is 0 Å². The van der Waals surface area contributed by atoms with Crippen molar-refractivity contribution in [2.75, 3.05) is 0 Å². The molecule has 4 heteroatoms. The first-order chi connectivity index (χ1) is 14.7. The Balaban J connectivity index is 0.00000122. The van der Waals surface area contributed by atoms with Gasteiger partial charge in [0, 0.05) is 0 Å². The second-order valence-corrected chi connectivity index (χ2v) is 34.0. The van der Waals surface area contributed by atoms with E-state index in [0.29, 0.717) is 7.35 Å². The predicted octanol–water partition coefficient (Wildman–Crippen LogP) is 1.71. The molecule has 0 amide bonds. The molecule has 0 aliphatic heterocycles. The van der Waals surface area contributed by atoms with Gasteiger partial charge in [0.05, 0.1) is 0 Å². The number of fused-ring (bicyclic) bond motifs is 6. The van der Waals surface area contributed by atoms with Crippen LogP contribution in [0, 0.1) is 0 Å². The van der Waals surface area contributed by atoms with Crippen LogP contribution in [0.5, 0.6) is 0 Å². The fourth-order valence-electron chi connectivity index (χ4n) is 5.49. The summed E-state index contributed by atoms with van der Waals surface area (Å²) >= 11 is -2.06. The van der Waals surface area contributed by atoms with Crippen molar-refractivity contribution < 1.29 is 44.9 Å². The van der Waals surface area contributed by atoms with Crippen molar-refractivity contribution >= 4 is 39.2 Å². The van der Waals surface area contributed by atoms with Gasteiger partial charge in [0.15, 0.2) is 0 Å². The minimum atomic E-state index is -2.06. The molecule has 0 aromatic heterocycles. The standard InChI is InChI=1S/2C13H9.C2H6Si.2ClH.Hf/c2*1-2-6-12-10(4-1)8-9-11-5-3-7-13(11)12;1-3-2;;;/h2*1-9H;1-2H3;2*1H;/q;;;;;+2/p-2. The second-order valence-electron chi connectivity index (χ2n) is 8.71. The first kappa shape index (κ1) is 23.7. The van der Waals surface area contributed by atoms with E-state index < -0.39 is 20.1 Å². The third-order valence-electron chi connectivity index (χ3n) is 6.84. The molecule has 32 heavy (non-hydrogen) atoms. The molecule has 2 atom stereocenters. The zero-order chi connectivity index (χ0) is 20.2. The molecule has 6 rings (SSSR count). The molecular formula is C28H24Cl2HfSi. The number of benzene rings is 4. The van der Waals surface area contributed by atoms with Crippen molar-refractivity contribution in [1.82, 2.24) is 0 Å². The summed E-state index contributed by atoms with van der Waals surface area (Å²) in [5.41, 5.74) is 5.89. The van der Waals surface area contributed by atoms with Gasteiger partial charge in [-0.05, 0) is 0 Å². The fraction of sp³-hybridized carbons (Fsp3) is 0.143. The number of rotatable bonds is 2. The molecule has 0 fully saturated rings. The molecule has 158 valence electrons. The summed E-state index contributed by atoms with van der Waals surface area (Å²) < 4.78 is 1.43. The Morgan fingerprint density at radius 1 is 0.594 bits per heavy atom. The molecule has 2 aliphatic carbocycles. The zero-order valence-corrected chi connectivity index (χ0v) is 24.3. The third kappa shape index (κ3) is 3.70. The molecule has 0 radical (unpaired) electrons. The van der Waals surface area contributed by atoms with Gasteiger partial charge in [0.1, 0.15) is 0 Å². The number of halogens is 2. The molecule has 0 spiro atoms. The topological polar surface area (TPSA) is 0 Å². The molecule has 0 unspecified atom stereocenters. The van der Waals surface area contributed by atoms with Crippen molar-refractivity contribution in [2.45, 2.75) is 20.4 Å². The largest absolute Gasteiger partial charge is 1.00 e. The van der Waals surface area contributed by atoms with Crippen molar-refractivity contribution in [3.8, 4) is 0 Å². The Labute approximate surface area is 210 Å². The summed E-state index contributed by atoms with van der Waals surface area (Å²) in [5, 5.41) is 5.58. The van der Waals surface area contributed by atoms with Crippen molar-refractivity contribution in [3.05, 3.63) is 107 Å². The first-order valence-electron chi connectivity index (χ1n) is 10.8. The number of allylic oxidation sites excluding steroid dienone is 2. The summed E-state index contributed by atoms with van der Waals surface area (Å²) in [6, 6.07) is 27.3. The monoisotopic (exact) mass is 638 g/mol. The zero-order valence-electron chi connectivity index (χ0n) is 18.1. The van der Waals surface area contributed by atoms with Crippen LogP contribution < -0.4 is 24.8 Å². The summed E-state index contributed by atoms with van der Waals surface area (Å²) in [5.74, 6) is 0. The van der Waals surface area contributed by atoms with Crippen molar-refractivity contribution in [2.24, 2.45) is 0 Å². The van der Waals surface area contributed by atoms with E-state index in [-0.39, 0.29) is 30.3 Å². The van der Waals surface area contributed by atoms with E-state index in [1.165, 1.54) is 32.7 Å².